The number of hydrogen-bond donors (Lipinski definition) is 1. The molecule has 8 heteroatoms. The van der Waals surface area contributed by atoms with Gasteiger partial charge in [-0.3, -0.25) is 9.59 Å². The number of piperidine rings is 1. The van der Waals surface area contributed by atoms with E-state index in [2.05, 4.69) is 5.32 Å². The zero-order valence-electron chi connectivity index (χ0n) is 16.5. The van der Waals surface area contributed by atoms with Crippen molar-refractivity contribution in [3.8, 4) is 0 Å². The lowest BCUT2D eigenvalue weighted by atomic mass is 10.0. The van der Waals surface area contributed by atoms with E-state index in [9.17, 15) is 18.0 Å². The molecule has 1 aliphatic heterocycles. The first kappa shape index (κ1) is 21.0. The van der Waals surface area contributed by atoms with Crippen molar-refractivity contribution in [2.45, 2.75) is 30.2 Å². The molecule has 0 aliphatic carbocycles. The van der Waals surface area contributed by atoms with Gasteiger partial charge in [0.2, 0.25) is 15.9 Å². The lowest BCUT2D eigenvalue weighted by molar-refractivity contribution is -0.120. The van der Waals surface area contributed by atoms with Gasteiger partial charge >= 0.3 is 0 Å². The molecule has 0 bridgehead atoms. The topological polar surface area (TPSA) is 86.8 Å². The third-order valence-corrected chi connectivity index (χ3v) is 6.81. The van der Waals surface area contributed by atoms with Gasteiger partial charge in [-0.1, -0.05) is 30.7 Å². The van der Waals surface area contributed by atoms with Gasteiger partial charge in [0.1, 0.15) is 6.04 Å². The fourth-order valence-electron chi connectivity index (χ4n) is 3.40. The molecule has 1 heterocycles. The van der Waals surface area contributed by atoms with Crippen LogP contribution in [0.4, 0.5) is 5.69 Å². The van der Waals surface area contributed by atoms with Gasteiger partial charge in [0.05, 0.1) is 4.90 Å². The van der Waals surface area contributed by atoms with Crippen LogP contribution >= 0.6 is 0 Å². The molecule has 0 spiro atoms. The molecular weight excluding hydrogens is 390 g/mol. The predicted molar refractivity (Wildman–Crippen MR) is 111 cm³/mol. The standard InChI is InChI=1S/C21H25N3O4S/c1-23(2)21(26)16-9-8-10-17(15-16)22-20(25)19-13-6-7-14-24(19)29(27,28)18-11-4-3-5-12-18/h3-5,8-12,15,19H,6-7,13-14H2,1-2H3,(H,22,25). The number of rotatable bonds is 5. The van der Waals surface area contributed by atoms with E-state index in [4.69, 9.17) is 0 Å². The highest BCUT2D eigenvalue weighted by Crippen LogP contribution is 2.26. The molecule has 1 saturated heterocycles. The van der Waals surface area contributed by atoms with Crippen LogP contribution in [0.25, 0.3) is 0 Å². The van der Waals surface area contributed by atoms with Gasteiger partial charge in [0.25, 0.3) is 5.91 Å². The maximum atomic E-state index is 13.1. The summed E-state index contributed by atoms with van der Waals surface area (Å²) in [5.41, 5.74) is 0.913. The van der Waals surface area contributed by atoms with Crippen molar-refractivity contribution < 1.29 is 18.0 Å². The summed E-state index contributed by atoms with van der Waals surface area (Å²) in [6, 6.07) is 14.0. The quantitative estimate of drug-likeness (QED) is 0.813. The summed E-state index contributed by atoms with van der Waals surface area (Å²) in [6.07, 6.45) is 1.94. The number of anilines is 1. The Kier molecular flexibility index (Phi) is 6.34. The Balaban J connectivity index is 1.82. The fourth-order valence-corrected chi connectivity index (χ4v) is 5.07. The Hall–Kier alpha value is -2.71. The molecular formula is C21H25N3O4S. The van der Waals surface area contributed by atoms with Crippen molar-refractivity contribution in [2.24, 2.45) is 0 Å². The van der Waals surface area contributed by atoms with Crippen LogP contribution in [0.5, 0.6) is 0 Å². The third kappa shape index (κ3) is 4.65. The minimum atomic E-state index is -3.77. The van der Waals surface area contributed by atoms with Crippen molar-refractivity contribution in [1.82, 2.24) is 9.21 Å². The van der Waals surface area contributed by atoms with E-state index in [1.165, 1.54) is 21.3 Å². The number of nitrogens with zero attached hydrogens (tertiary/aromatic N) is 2. The molecule has 7 nitrogen and oxygen atoms in total. The SMILES string of the molecule is CN(C)C(=O)c1cccc(NC(=O)C2CCCCN2S(=O)(=O)c2ccccc2)c1. The van der Waals surface area contributed by atoms with Crippen molar-refractivity contribution in [1.29, 1.82) is 0 Å². The zero-order valence-corrected chi connectivity index (χ0v) is 17.4. The molecule has 0 aromatic heterocycles. The Bertz CT molecular complexity index is 990. The van der Waals surface area contributed by atoms with Gasteiger partial charge in [-0.15, -0.1) is 0 Å². The summed E-state index contributed by atoms with van der Waals surface area (Å²) in [4.78, 5) is 26.7. The molecule has 1 N–H and O–H groups in total. The van der Waals surface area contributed by atoms with E-state index in [0.717, 1.165) is 6.42 Å². The second-order valence-electron chi connectivity index (χ2n) is 7.21. The molecule has 2 aromatic carbocycles. The average molecular weight is 416 g/mol. The minimum absolute atomic E-state index is 0.174. The number of hydrogen-bond acceptors (Lipinski definition) is 4. The van der Waals surface area contributed by atoms with Gasteiger partial charge in [-0.05, 0) is 43.2 Å². The van der Waals surface area contributed by atoms with Crippen molar-refractivity contribution in [3.05, 3.63) is 60.2 Å². The Morgan fingerprint density at radius 3 is 2.45 bits per heavy atom. The van der Waals surface area contributed by atoms with Gasteiger partial charge in [0, 0.05) is 31.9 Å². The summed E-state index contributed by atoms with van der Waals surface area (Å²) in [5, 5.41) is 2.78. The highest BCUT2D eigenvalue weighted by Gasteiger charge is 2.37. The van der Waals surface area contributed by atoms with Crippen LogP contribution in [0.2, 0.25) is 0 Å². The normalized spacial score (nSPS) is 17.5. The highest BCUT2D eigenvalue weighted by atomic mass is 32.2. The number of nitrogens with one attached hydrogen (secondary N) is 1. The molecule has 2 aromatic rings. The molecule has 1 fully saturated rings. The molecule has 1 unspecified atom stereocenters. The summed E-state index contributed by atoms with van der Waals surface area (Å²) < 4.78 is 27.4. The van der Waals surface area contributed by atoms with E-state index < -0.39 is 22.0 Å². The highest BCUT2D eigenvalue weighted by molar-refractivity contribution is 7.89. The summed E-state index contributed by atoms with van der Waals surface area (Å²) >= 11 is 0. The predicted octanol–water partition coefficient (Wildman–Crippen LogP) is 2.57. The van der Waals surface area contributed by atoms with Crippen molar-refractivity contribution in [3.63, 3.8) is 0 Å². The van der Waals surface area contributed by atoms with E-state index >= 15 is 0 Å². The summed E-state index contributed by atoms with van der Waals surface area (Å²) in [5.74, 6) is -0.564. The molecule has 2 amide bonds. The minimum Gasteiger partial charge on any atom is -0.345 e. The van der Waals surface area contributed by atoms with E-state index in [1.54, 1.807) is 56.6 Å². The van der Waals surface area contributed by atoms with Crippen LogP contribution < -0.4 is 5.32 Å². The number of sulfonamides is 1. The number of carbonyl (C=O) groups is 2. The van der Waals surface area contributed by atoms with E-state index in [1.807, 2.05) is 0 Å². The first-order valence-electron chi connectivity index (χ1n) is 9.50. The fraction of sp³-hybridized carbons (Fsp3) is 0.333. The van der Waals surface area contributed by atoms with Crippen LogP contribution in [0.3, 0.4) is 0 Å². The largest absolute Gasteiger partial charge is 0.345 e. The first-order valence-corrected chi connectivity index (χ1v) is 10.9. The molecule has 0 radical (unpaired) electrons. The van der Waals surface area contributed by atoms with Crippen molar-refractivity contribution in [2.75, 3.05) is 26.0 Å². The smallest absolute Gasteiger partial charge is 0.253 e. The number of carbonyl (C=O) groups excluding carboxylic acids is 2. The lowest BCUT2D eigenvalue weighted by Crippen LogP contribution is -2.49. The maximum Gasteiger partial charge on any atom is 0.253 e. The Labute approximate surface area is 171 Å². The van der Waals surface area contributed by atoms with E-state index in [0.29, 0.717) is 30.6 Å². The van der Waals surface area contributed by atoms with Gasteiger partial charge < -0.3 is 10.2 Å². The molecule has 1 aliphatic rings. The monoisotopic (exact) mass is 415 g/mol. The van der Waals surface area contributed by atoms with Gasteiger partial charge in [-0.25, -0.2) is 8.42 Å². The van der Waals surface area contributed by atoms with E-state index in [-0.39, 0.29) is 10.8 Å². The maximum absolute atomic E-state index is 13.1. The summed E-state index contributed by atoms with van der Waals surface area (Å²) in [6.45, 7) is 0.300. The van der Waals surface area contributed by atoms with Gasteiger partial charge in [0.15, 0.2) is 0 Å². The molecule has 0 saturated carbocycles. The van der Waals surface area contributed by atoms with Crippen LogP contribution in [-0.2, 0) is 14.8 Å². The van der Waals surface area contributed by atoms with Crippen molar-refractivity contribution >= 4 is 27.5 Å². The van der Waals surface area contributed by atoms with Crippen LogP contribution in [0.15, 0.2) is 59.5 Å². The Morgan fingerprint density at radius 2 is 1.76 bits per heavy atom. The van der Waals surface area contributed by atoms with Crippen LogP contribution in [0, 0.1) is 0 Å². The molecule has 1 atom stereocenters. The van der Waals surface area contributed by atoms with Crippen LogP contribution in [0.1, 0.15) is 29.6 Å². The lowest BCUT2D eigenvalue weighted by Gasteiger charge is -2.33. The number of amides is 2. The van der Waals surface area contributed by atoms with Crippen LogP contribution in [-0.4, -0.2) is 56.1 Å². The summed E-state index contributed by atoms with van der Waals surface area (Å²) in [7, 11) is -0.460. The Morgan fingerprint density at radius 1 is 1.03 bits per heavy atom. The average Bonchev–Trinajstić information content (AvgIpc) is 2.74. The second-order valence-corrected chi connectivity index (χ2v) is 9.10. The molecule has 3 rings (SSSR count). The number of benzene rings is 2. The molecule has 154 valence electrons. The third-order valence-electron chi connectivity index (χ3n) is 4.89. The second kappa shape index (κ2) is 8.75. The zero-order chi connectivity index (χ0) is 21.0. The molecule has 29 heavy (non-hydrogen) atoms. The van der Waals surface area contributed by atoms with Gasteiger partial charge in [-0.2, -0.15) is 4.31 Å². The first-order chi connectivity index (χ1) is 13.8.